The number of hydrogen-bond acceptors (Lipinski definition) is 7. The molecular formula is C19H23N3O6S2. The predicted octanol–water partition coefficient (Wildman–Crippen LogP) is 2.19. The lowest BCUT2D eigenvalue weighted by molar-refractivity contribution is 0.348. The van der Waals surface area contributed by atoms with Gasteiger partial charge in [-0.05, 0) is 35.9 Å². The molecule has 0 unspecified atom stereocenters. The van der Waals surface area contributed by atoms with Crippen LogP contribution in [0.5, 0.6) is 11.5 Å². The molecule has 0 aromatic heterocycles. The Kier molecular flexibility index (Phi) is 5.95. The van der Waals surface area contributed by atoms with Crippen LogP contribution in [0.1, 0.15) is 23.6 Å². The molecule has 1 aliphatic rings. The third-order valence-corrected chi connectivity index (χ3v) is 6.13. The number of methoxy groups -OCH3 is 2. The molecule has 1 heterocycles. The first kappa shape index (κ1) is 21.9. The number of nitrogens with one attached hydrogen (secondary N) is 1. The fraction of sp³-hybridized carbons (Fsp3) is 0.316. The molecule has 0 saturated heterocycles. The van der Waals surface area contributed by atoms with Crippen LogP contribution in [-0.2, 0) is 20.0 Å². The van der Waals surface area contributed by atoms with E-state index in [2.05, 4.69) is 9.82 Å². The lowest BCUT2D eigenvalue weighted by Gasteiger charge is -2.23. The molecule has 0 fully saturated rings. The van der Waals surface area contributed by atoms with Crippen LogP contribution in [0.2, 0.25) is 0 Å². The normalized spacial score (nSPS) is 16.9. The lowest BCUT2D eigenvalue weighted by Crippen LogP contribution is -2.26. The third kappa shape index (κ3) is 4.85. The van der Waals surface area contributed by atoms with E-state index < -0.39 is 26.1 Å². The standard InChI is InChI=1S/C19H23N3O6S2/c1-27-15-8-9-19(28-2)16(11-15)18-12-17(20-22(18)30(4,25)26)13-6-5-7-14(10-13)21-29(3,23)24/h5-11,18,21H,12H2,1-4H3/t18-/m0/s1. The molecule has 2 aromatic carbocycles. The Labute approximate surface area is 176 Å². The van der Waals surface area contributed by atoms with E-state index in [1.54, 1.807) is 42.5 Å². The first-order valence-electron chi connectivity index (χ1n) is 8.89. The topological polar surface area (TPSA) is 114 Å². The number of nitrogens with zero attached hydrogens (tertiary/aromatic N) is 2. The number of rotatable bonds is 7. The Hall–Kier alpha value is -2.79. The van der Waals surface area contributed by atoms with Gasteiger partial charge in [0, 0.05) is 17.7 Å². The van der Waals surface area contributed by atoms with Crippen molar-refractivity contribution in [3.63, 3.8) is 0 Å². The third-order valence-electron chi connectivity index (χ3n) is 4.51. The molecular weight excluding hydrogens is 430 g/mol. The molecule has 162 valence electrons. The Morgan fingerprint density at radius 3 is 2.37 bits per heavy atom. The summed E-state index contributed by atoms with van der Waals surface area (Å²) in [5.74, 6) is 1.07. The number of hydrazone groups is 1. The van der Waals surface area contributed by atoms with Gasteiger partial charge in [0.2, 0.25) is 20.0 Å². The van der Waals surface area contributed by atoms with Gasteiger partial charge in [-0.15, -0.1) is 0 Å². The fourth-order valence-corrected chi connectivity index (χ4v) is 4.73. The summed E-state index contributed by atoms with van der Waals surface area (Å²) in [6.45, 7) is 0. The molecule has 0 amide bonds. The van der Waals surface area contributed by atoms with E-state index in [0.717, 1.165) is 16.9 Å². The van der Waals surface area contributed by atoms with Gasteiger partial charge in [0.25, 0.3) is 0 Å². The lowest BCUT2D eigenvalue weighted by atomic mass is 9.98. The Morgan fingerprint density at radius 1 is 1.03 bits per heavy atom. The highest BCUT2D eigenvalue weighted by Gasteiger charge is 2.36. The summed E-state index contributed by atoms with van der Waals surface area (Å²) in [6.07, 6.45) is 2.42. The van der Waals surface area contributed by atoms with Gasteiger partial charge in [0.1, 0.15) is 11.5 Å². The Bertz CT molecular complexity index is 1190. The Balaban J connectivity index is 2.04. The molecule has 0 saturated carbocycles. The van der Waals surface area contributed by atoms with Crippen LogP contribution in [0.3, 0.4) is 0 Å². The molecule has 1 N–H and O–H groups in total. The van der Waals surface area contributed by atoms with Crippen LogP contribution >= 0.6 is 0 Å². The van der Waals surface area contributed by atoms with Crippen molar-refractivity contribution in [3.8, 4) is 11.5 Å². The zero-order valence-electron chi connectivity index (χ0n) is 17.0. The van der Waals surface area contributed by atoms with Crippen LogP contribution < -0.4 is 14.2 Å². The fourth-order valence-electron chi connectivity index (χ4n) is 3.28. The van der Waals surface area contributed by atoms with E-state index in [9.17, 15) is 16.8 Å². The molecule has 0 bridgehead atoms. The van der Waals surface area contributed by atoms with Crippen LogP contribution in [0.4, 0.5) is 5.69 Å². The number of ether oxygens (including phenoxy) is 2. The molecule has 1 aliphatic heterocycles. The second-order valence-corrected chi connectivity index (χ2v) is 10.5. The van der Waals surface area contributed by atoms with Gasteiger partial charge in [-0.3, -0.25) is 4.72 Å². The maximum atomic E-state index is 12.5. The highest BCUT2D eigenvalue weighted by molar-refractivity contribution is 7.92. The molecule has 3 rings (SSSR count). The van der Waals surface area contributed by atoms with Gasteiger partial charge in [-0.2, -0.15) is 9.52 Å². The van der Waals surface area contributed by atoms with Crippen LogP contribution in [0, 0.1) is 0 Å². The second-order valence-electron chi connectivity index (χ2n) is 6.87. The van der Waals surface area contributed by atoms with Gasteiger partial charge >= 0.3 is 0 Å². The number of anilines is 1. The summed E-state index contributed by atoms with van der Waals surface area (Å²) in [5, 5.41) is 4.34. The van der Waals surface area contributed by atoms with Crippen molar-refractivity contribution in [2.75, 3.05) is 31.5 Å². The van der Waals surface area contributed by atoms with E-state index in [4.69, 9.17) is 9.47 Å². The number of hydrogen-bond donors (Lipinski definition) is 1. The smallest absolute Gasteiger partial charge is 0.247 e. The zero-order valence-corrected chi connectivity index (χ0v) is 18.6. The van der Waals surface area contributed by atoms with Crippen LogP contribution in [0.25, 0.3) is 0 Å². The molecule has 11 heteroatoms. The molecule has 0 aliphatic carbocycles. The van der Waals surface area contributed by atoms with Gasteiger partial charge < -0.3 is 9.47 Å². The van der Waals surface area contributed by atoms with Gasteiger partial charge in [0.05, 0.1) is 38.5 Å². The first-order chi connectivity index (χ1) is 14.0. The largest absolute Gasteiger partial charge is 0.497 e. The summed E-state index contributed by atoms with van der Waals surface area (Å²) in [5.41, 5.74) is 2.10. The first-order valence-corrected chi connectivity index (χ1v) is 12.6. The summed E-state index contributed by atoms with van der Waals surface area (Å²) >= 11 is 0. The highest BCUT2D eigenvalue weighted by atomic mass is 32.2. The molecule has 9 nitrogen and oxygen atoms in total. The average Bonchev–Trinajstić information content (AvgIpc) is 3.12. The van der Waals surface area contributed by atoms with Crippen LogP contribution in [0.15, 0.2) is 47.6 Å². The summed E-state index contributed by atoms with van der Waals surface area (Å²) < 4.78 is 62.2. The number of benzene rings is 2. The van der Waals surface area contributed by atoms with E-state index in [-0.39, 0.29) is 6.42 Å². The highest BCUT2D eigenvalue weighted by Crippen LogP contribution is 2.40. The van der Waals surface area contributed by atoms with Crippen molar-refractivity contribution < 1.29 is 26.3 Å². The molecule has 0 radical (unpaired) electrons. The van der Waals surface area contributed by atoms with Crippen molar-refractivity contribution in [3.05, 3.63) is 53.6 Å². The summed E-state index contributed by atoms with van der Waals surface area (Å²) in [6, 6.07) is 11.2. The van der Waals surface area contributed by atoms with Gasteiger partial charge in [-0.1, -0.05) is 12.1 Å². The molecule has 30 heavy (non-hydrogen) atoms. The quantitative estimate of drug-likeness (QED) is 0.687. The van der Waals surface area contributed by atoms with Crippen LogP contribution in [-0.4, -0.2) is 53.7 Å². The minimum Gasteiger partial charge on any atom is -0.497 e. The van der Waals surface area contributed by atoms with E-state index >= 15 is 0 Å². The van der Waals surface area contributed by atoms with Gasteiger partial charge in [-0.25, -0.2) is 16.8 Å². The summed E-state index contributed by atoms with van der Waals surface area (Å²) in [4.78, 5) is 0. The van der Waals surface area contributed by atoms with E-state index in [0.29, 0.717) is 34.0 Å². The minimum atomic E-state index is -3.69. The van der Waals surface area contributed by atoms with Crippen molar-refractivity contribution in [1.82, 2.24) is 4.41 Å². The van der Waals surface area contributed by atoms with Gasteiger partial charge in [0.15, 0.2) is 0 Å². The predicted molar refractivity (Wildman–Crippen MR) is 115 cm³/mol. The molecule has 2 aromatic rings. The number of sulfonamides is 2. The maximum Gasteiger partial charge on any atom is 0.247 e. The zero-order chi connectivity index (χ0) is 22.1. The average molecular weight is 454 g/mol. The van der Waals surface area contributed by atoms with Crippen molar-refractivity contribution in [2.24, 2.45) is 5.10 Å². The SMILES string of the molecule is COc1ccc(OC)c([C@@H]2CC(c3cccc(NS(C)(=O)=O)c3)=NN2S(C)(=O)=O)c1. The molecule has 0 spiro atoms. The van der Waals surface area contributed by atoms with Crippen molar-refractivity contribution in [1.29, 1.82) is 0 Å². The summed E-state index contributed by atoms with van der Waals surface area (Å²) in [7, 11) is -4.10. The second kappa shape index (κ2) is 8.15. The van der Waals surface area contributed by atoms with Crippen molar-refractivity contribution >= 4 is 31.4 Å². The minimum absolute atomic E-state index is 0.277. The van der Waals surface area contributed by atoms with E-state index in [1.807, 2.05) is 0 Å². The van der Waals surface area contributed by atoms with Crippen molar-refractivity contribution in [2.45, 2.75) is 12.5 Å². The van der Waals surface area contributed by atoms with E-state index in [1.165, 1.54) is 14.2 Å². The molecule has 1 atom stereocenters. The Morgan fingerprint density at radius 2 is 1.77 bits per heavy atom. The maximum absolute atomic E-state index is 12.5. The monoisotopic (exact) mass is 453 g/mol.